The molecule has 1 aliphatic rings. The number of rotatable bonds is 6. The molecule has 1 fully saturated rings. The van der Waals surface area contributed by atoms with Crippen molar-refractivity contribution in [2.75, 3.05) is 13.1 Å². The number of thioether (sulfide) groups is 1. The second-order valence-corrected chi connectivity index (χ2v) is 9.50. The fourth-order valence-electron chi connectivity index (χ4n) is 4.25. The van der Waals surface area contributed by atoms with Gasteiger partial charge in [-0.1, -0.05) is 71.9 Å². The van der Waals surface area contributed by atoms with Crippen molar-refractivity contribution < 1.29 is 4.79 Å². The quantitative estimate of drug-likeness (QED) is 0.320. The van der Waals surface area contributed by atoms with Gasteiger partial charge in [0.1, 0.15) is 28.0 Å². The van der Waals surface area contributed by atoms with Gasteiger partial charge in [0.25, 0.3) is 0 Å². The van der Waals surface area contributed by atoms with E-state index < -0.39 is 5.25 Å². The molecule has 7 heteroatoms. The monoisotopic (exact) mass is 479 g/mol. The molecule has 1 saturated heterocycles. The zero-order valence-electron chi connectivity index (χ0n) is 19.6. The average Bonchev–Trinajstić information content (AvgIpc) is 2.91. The minimum atomic E-state index is -0.578. The summed E-state index contributed by atoms with van der Waals surface area (Å²) in [7, 11) is 0. The standard InChI is InChI=1S/C28H25N5OS/c1-19-11-13-20(14-12-19)24-22(17-29)26(31-2)32-27(23(24)18-30)35-25(21-9-5-3-6-10-21)28(34)33-15-7-4-8-16-33/h3,5-6,9-14,25H,2,4,7-8,15-16H2,1H3/t25-/m0/s1. The van der Waals surface area contributed by atoms with Crippen LogP contribution in [0.1, 0.15) is 46.8 Å². The van der Waals surface area contributed by atoms with E-state index in [-0.39, 0.29) is 22.9 Å². The minimum absolute atomic E-state index is 0.000877. The molecule has 1 aliphatic heterocycles. The third-order valence-corrected chi connectivity index (χ3v) is 7.31. The van der Waals surface area contributed by atoms with Gasteiger partial charge in [0.2, 0.25) is 5.91 Å². The van der Waals surface area contributed by atoms with Crippen molar-refractivity contribution in [1.82, 2.24) is 9.88 Å². The lowest BCUT2D eigenvalue weighted by Crippen LogP contribution is -2.38. The summed E-state index contributed by atoms with van der Waals surface area (Å²) in [6.45, 7) is 7.02. The number of hydrogen-bond acceptors (Lipinski definition) is 6. The molecule has 174 valence electrons. The smallest absolute Gasteiger partial charge is 0.240 e. The van der Waals surface area contributed by atoms with Crippen LogP contribution in [0.4, 0.5) is 5.82 Å². The van der Waals surface area contributed by atoms with E-state index in [2.05, 4.69) is 28.8 Å². The number of hydrogen-bond donors (Lipinski definition) is 0. The number of benzene rings is 2. The number of amides is 1. The Hall–Kier alpha value is -3.94. The maximum absolute atomic E-state index is 13.7. The fraction of sp³-hybridized carbons (Fsp3) is 0.250. The molecule has 6 nitrogen and oxygen atoms in total. The topological polar surface area (TPSA) is 93.1 Å². The van der Waals surface area contributed by atoms with Gasteiger partial charge in [-0.15, -0.1) is 0 Å². The lowest BCUT2D eigenvalue weighted by molar-refractivity contribution is -0.131. The number of aryl methyl sites for hydroxylation is 1. The van der Waals surface area contributed by atoms with E-state index in [0.29, 0.717) is 10.6 Å². The Kier molecular flexibility index (Phi) is 7.60. The second-order valence-electron chi connectivity index (χ2n) is 8.41. The Bertz CT molecular complexity index is 1320. The van der Waals surface area contributed by atoms with Crippen LogP contribution in [0, 0.1) is 29.6 Å². The molecule has 3 aromatic rings. The molecular weight excluding hydrogens is 454 g/mol. The number of carbonyl (C=O) groups excluding carboxylic acids is 1. The van der Waals surface area contributed by atoms with Gasteiger partial charge in [-0.3, -0.25) is 4.79 Å². The Labute approximate surface area is 209 Å². The van der Waals surface area contributed by atoms with Crippen molar-refractivity contribution in [1.29, 1.82) is 10.5 Å². The van der Waals surface area contributed by atoms with Gasteiger partial charge in [0.05, 0.1) is 5.56 Å². The largest absolute Gasteiger partial charge is 0.341 e. The molecule has 1 atom stereocenters. The molecule has 0 bridgehead atoms. The Morgan fingerprint density at radius 1 is 1.03 bits per heavy atom. The second kappa shape index (κ2) is 11.0. The summed E-state index contributed by atoms with van der Waals surface area (Å²) in [5, 5.41) is 19.9. The molecule has 35 heavy (non-hydrogen) atoms. The highest BCUT2D eigenvalue weighted by atomic mass is 32.2. The molecule has 2 heterocycles. The highest BCUT2D eigenvalue weighted by Crippen LogP contribution is 2.43. The van der Waals surface area contributed by atoms with Gasteiger partial charge in [0, 0.05) is 18.7 Å². The summed E-state index contributed by atoms with van der Waals surface area (Å²) in [6, 6.07) is 21.6. The van der Waals surface area contributed by atoms with E-state index in [1.165, 1.54) is 11.8 Å². The summed E-state index contributed by atoms with van der Waals surface area (Å²) < 4.78 is 0. The van der Waals surface area contributed by atoms with E-state index in [9.17, 15) is 15.3 Å². The molecular formula is C28H25N5OS. The Balaban J connectivity index is 1.87. The van der Waals surface area contributed by atoms with E-state index >= 15 is 0 Å². The van der Waals surface area contributed by atoms with Crippen LogP contribution in [0.15, 0.2) is 64.6 Å². The fourth-order valence-corrected chi connectivity index (χ4v) is 5.42. The van der Waals surface area contributed by atoms with Crippen LogP contribution >= 0.6 is 11.8 Å². The summed E-state index contributed by atoms with van der Waals surface area (Å²) >= 11 is 1.23. The summed E-state index contributed by atoms with van der Waals surface area (Å²) in [4.78, 5) is 24.1. The number of piperidine rings is 1. The Morgan fingerprint density at radius 3 is 2.29 bits per heavy atom. The van der Waals surface area contributed by atoms with Gasteiger partial charge in [-0.2, -0.15) is 10.5 Å². The van der Waals surface area contributed by atoms with Crippen molar-refractivity contribution in [2.45, 2.75) is 36.5 Å². The van der Waals surface area contributed by atoms with Gasteiger partial charge in [-0.05, 0) is 44.0 Å². The van der Waals surface area contributed by atoms with Crippen LogP contribution in [0.5, 0.6) is 0 Å². The first kappa shape index (κ1) is 24.2. The number of likely N-dealkylation sites (tertiary alicyclic amines) is 1. The van der Waals surface area contributed by atoms with E-state index in [0.717, 1.165) is 49.0 Å². The van der Waals surface area contributed by atoms with Crippen molar-refractivity contribution in [2.24, 2.45) is 4.99 Å². The van der Waals surface area contributed by atoms with Crippen LogP contribution in [-0.4, -0.2) is 35.6 Å². The maximum atomic E-state index is 13.7. The summed E-state index contributed by atoms with van der Waals surface area (Å²) in [5.41, 5.74) is 3.54. The molecule has 0 aliphatic carbocycles. The van der Waals surface area contributed by atoms with Crippen LogP contribution in [0.25, 0.3) is 11.1 Å². The third kappa shape index (κ3) is 5.11. The van der Waals surface area contributed by atoms with Crippen molar-refractivity contribution in [3.8, 4) is 23.3 Å². The first-order valence-corrected chi connectivity index (χ1v) is 12.4. The summed E-state index contributed by atoms with van der Waals surface area (Å²) in [5.74, 6) is 0.155. The lowest BCUT2D eigenvalue weighted by atomic mass is 9.96. The first-order chi connectivity index (χ1) is 17.1. The molecule has 0 saturated carbocycles. The van der Waals surface area contributed by atoms with Crippen molar-refractivity contribution in [3.05, 3.63) is 76.9 Å². The van der Waals surface area contributed by atoms with Crippen molar-refractivity contribution in [3.63, 3.8) is 0 Å². The highest BCUT2D eigenvalue weighted by Gasteiger charge is 2.31. The number of nitrogens with zero attached hydrogens (tertiary/aromatic N) is 5. The van der Waals surface area contributed by atoms with Gasteiger partial charge < -0.3 is 4.90 Å². The minimum Gasteiger partial charge on any atom is -0.341 e. The molecule has 1 amide bonds. The zero-order valence-corrected chi connectivity index (χ0v) is 20.4. The SMILES string of the molecule is C=Nc1nc(S[C@H](C(=O)N2CCCCC2)c2ccccc2)c(C#N)c(-c2ccc(C)cc2)c1C#N. The zero-order chi connectivity index (χ0) is 24.8. The molecule has 1 aromatic heterocycles. The number of carbonyl (C=O) groups is 1. The van der Waals surface area contributed by atoms with Gasteiger partial charge >= 0.3 is 0 Å². The normalized spacial score (nSPS) is 14.0. The number of aromatic nitrogens is 1. The van der Waals surface area contributed by atoms with Crippen LogP contribution in [0.2, 0.25) is 0 Å². The predicted octanol–water partition coefficient (Wildman–Crippen LogP) is 5.98. The lowest BCUT2D eigenvalue weighted by Gasteiger charge is -2.30. The van der Waals surface area contributed by atoms with Gasteiger partial charge in [0.15, 0.2) is 5.82 Å². The van der Waals surface area contributed by atoms with Crippen LogP contribution in [0.3, 0.4) is 0 Å². The Morgan fingerprint density at radius 2 is 1.69 bits per heavy atom. The third-order valence-electron chi connectivity index (χ3n) is 6.08. The molecule has 0 spiro atoms. The molecule has 4 rings (SSSR count). The maximum Gasteiger partial charge on any atom is 0.240 e. The number of nitriles is 2. The van der Waals surface area contributed by atoms with E-state index in [4.69, 9.17) is 0 Å². The molecule has 0 unspecified atom stereocenters. The predicted molar refractivity (Wildman–Crippen MR) is 139 cm³/mol. The number of aliphatic imine (C=N–C) groups is 1. The van der Waals surface area contributed by atoms with E-state index in [1.54, 1.807) is 0 Å². The number of pyridine rings is 1. The summed E-state index contributed by atoms with van der Waals surface area (Å²) in [6.07, 6.45) is 3.09. The van der Waals surface area contributed by atoms with Crippen molar-refractivity contribution >= 4 is 30.2 Å². The first-order valence-electron chi connectivity index (χ1n) is 11.5. The highest BCUT2D eigenvalue weighted by molar-refractivity contribution is 8.00. The molecule has 2 aromatic carbocycles. The van der Waals surface area contributed by atoms with Crippen LogP contribution in [-0.2, 0) is 4.79 Å². The van der Waals surface area contributed by atoms with E-state index in [1.807, 2.05) is 66.4 Å². The van der Waals surface area contributed by atoms with Gasteiger partial charge in [-0.25, -0.2) is 9.98 Å². The van der Waals surface area contributed by atoms with Crippen LogP contribution < -0.4 is 0 Å². The molecule has 0 radical (unpaired) electrons. The average molecular weight is 480 g/mol. The molecule has 0 N–H and O–H groups in total.